The van der Waals surface area contributed by atoms with Gasteiger partial charge in [0.2, 0.25) is 10.0 Å². The fourth-order valence-corrected chi connectivity index (χ4v) is 3.77. The van der Waals surface area contributed by atoms with Crippen molar-refractivity contribution in [2.24, 2.45) is 0 Å². The van der Waals surface area contributed by atoms with E-state index < -0.39 is 10.0 Å². The number of hydrogen-bond donors (Lipinski definition) is 2. The largest absolute Gasteiger partial charge is 0.338 e. The molecule has 1 heterocycles. The maximum Gasteiger partial charge on any atom is 0.317 e. The van der Waals surface area contributed by atoms with Gasteiger partial charge in [0.1, 0.15) is 5.01 Å². The lowest BCUT2D eigenvalue weighted by atomic mass is 10.2. The van der Waals surface area contributed by atoms with Gasteiger partial charge in [-0.25, -0.2) is 22.9 Å². The first-order valence-electron chi connectivity index (χ1n) is 7.82. The predicted octanol–water partition coefficient (Wildman–Crippen LogP) is 1.96. The molecule has 136 valence electrons. The molecule has 1 aromatic heterocycles. The van der Waals surface area contributed by atoms with Gasteiger partial charge >= 0.3 is 6.03 Å². The molecule has 0 aliphatic heterocycles. The topological polar surface area (TPSA) is 91.4 Å². The second kappa shape index (κ2) is 8.93. The van der Waals surface area contributed by atoms with Gasteiger partial charge < -0.3 is 10.2 Å². The lowest BCUT2D eigenvalue weighted by Crippen LogP contribution is -2.38. The second-order valence-corrected chi connectivity index (χ2v) is 8.32. The molecule has 2 N–H and O–H groups in total. The third kappa shape index (κ3) is 6.11. The van der Waals surface area contributed by atoms with Crippen LogP contribution in [0.4, 0.5) is 4.79 Å². The normalized spacial score (nSPS) is 11.3. The molecule has 0 aliphatic carbocycles. The average molecular weight is 383 g/mol. The van der Waals surface area contributed by atoms with E-state index in [9.17, 15) is 13.2 Å². The van der Waals surface area contributed by atoms with Crippen LogP contribution in [0.1, 0.15) is 17.0 Å². The molecule has 25 heavy (non-hydrogen) atoms. The third-order valence-corrected chi connectivity index (χ3v) is 5.70. The first kappa shape index (κ1) is 19.4. The van der Waals surface area contributed by atoms with Crippen LogP contribution in [0.25, 0.3) is 0 Å². The molecule has 0 spiro atoms. The number of rotatable bonds is 8. The Hall–Kier alpha value is -1.97. The van der Waals surface area contributed by atoms with E-state index in [4.69, 9.17) is 0 Å². The number of aromatic nitrogens is 1. The molecule has 7 nitrogen and oxygen atoms in total. The molecule has 2 aromatic rings. The number of aryl methyl sites for hydroxylation is 1. The molecule has 0 unspecified atom stereocenters. The summed E-state index contributed by atoms with van der Waals surface area (Å²) < 4.78 is 26.8. The lowest BCUT2D eigenvalue weighted by Gasteiger charge is -2.16. The number of amides is 2. The number of urea groups is 1. The summed E-state index contributed by atoms with van der Waals surface area (Å²) in [5.74, 6) is 0. The number of benzene rings is 1. The Kier molecular flexibility index (Phi) is 6.91. The molecule has 0 saturated heterocycles. The van der Waals surface area contributed by atoms with Crippen molar-refractivity contribution in [2.75, 3.05) is 20.1 Å². The Balaban J connectivity index is 1.68. The molecule has 0 radical (unpaired) electrons. The van der Waals surface area contributed by atoms with Crippen molar-refractivity contribution in [3.8, 4) is 0 Å². The Bertz CT molecular complexity index is 774. The van der Waals surface area contributed by atoms with E-state index in [1.54, 1.807) is 37.5 Å². The smallest absolute Gasteiger partial charge is 0.317 e. The highest BCUT2D eigenvalue weighted by atomic mass is 32.2. The maximum absolute atomic E-state index is 12.1. The number of hydrogen-bond acceptors (Lipinski definition) is 5. The van der Waals surface area contributed by atoms with Gasteiger partial charge in [0.05, 0.1) is 11.4 Å². The van der Waals surface area contributed by atoms with Crippen LogP contribution in [-0.4, -0.2) is 44.5 Å². The molecular weight excluding hydrogens is 360 g/mol. The molecule has 0 atom stereocenters. The standard InChI is InChI=1S/C16H22N4O3S2/c1-13-4-6-14(7-5-13)25(22,23)19-9-3-8-18-16(21)20(2)12-15-17-10-11-24-15/h4-7,10-11,19H,3,8-9,12H2,1-2H3,(H,18,21). The van der Waals surface area contributed by atoms with E-state index in [0.29, 0.717) is 19.5 Å². The zero-order valence-corrected chi connectivity index (χ0v) is 15.9. The molecule has 0 aliphatic rings. The minimum atomic E-state index is -3.51. The zero-order valence-electron chi connectivity index (χ0n) is 14.2. The van der Waals surface area contributed by atoms with E-state index in [1.807, 2.05) is 12.3 Å². The van der Waals surface area contributed by atoms with E-state index >= 15 is 0 Å². The Morgan fingerprint density at radius 3 is 2.60 bits per heavy atom. The fraction of sp³-hybridized carbons (Fsp3) is 0.375. The number of thiazole rings is 1. The van der Waals surface area contributed by atoms with Gasteiger partial charge in [-0.05, 0) is 25.5 Å². The molecule has 0 bridgehead atoms. The molecule has 0 fully saturated rings. The lowest BCUT2D eigenvalue weighted by molar-refractivity contribution is 0.207. The van der Waals surface area contributed by atoms with Crippen LogP contribution < -0.4 is 10.0 Å². The van der Waals surface area contributed by atoms with E-state index in [1.165, 1.54) is 16.2 Å². The van der Waals surface area contributed by atoms with Crippen molar-refractivity contribution in [3.63, 3.8) is 0 Å². The summed E-state index contributed by atoms with van der Waals surface area (Å²) in [6.45, 7) is 2.99. The van der Waals surface area contributed by atoms with Crippen LogP contribution in [0.2, 0.25) is 0 Å². The van der Waals surface area contributed by atoms with Crippen LogP contribution in [-0.2, 0) is 16.6 Å². The summed E-state index contributed by atoms with van der Waals surface area (Å²) in [5, 5.41) is 5.48. The van der Waals surface area contributed by atoms with Crippen LogP contribution in [0.5, 0.6) is 0 Å². The fourth-order valence-electron chi connectivity index (χ4n) is 2.03. The minimum absolute atomic E-state index is 0.211. The van der Waals surface area contributed by atoms with E-state index in [0.717, 1.165) is 10.6 Å². The van der Waals surface area contributed by atoms with Gasteiger partial charge in [0.25, 0.3) is 0 Å². The predicted molar refractivity (Wildman–Crippen MR) is 98.0 cm³/mol. The van der Waals surface area contributed by atoms with Crippen molar-refractivity contribution in [2.45, 2.75) is 24.8 Å². The maximum atomic E-state index is 12.1. The van der Waals surface area contributed by atoms with Crippen molar-refractivity contribution in [1.82, 2.24) is 19.9 Å². The van der Waals surface area contributed by atoms with Crippen LogP contribution in [0.15, 0.2) is 40.7 Å². The number of nitrogens with zero attached hydrogens (tertiary/aromatic N) is 2. The highest BCUT2D eigenvalue weighted by Gasteiger charge is 2.13. The van der Waals surface area contributed by atoms with Crippen molar-refractivity contribution in [1.29, 1.82) is 0 Å². The van der Waals surface area contributed by atoms with Gasteiger partial charge in [-0.2, -0.15) is 0 Å². The Labute approximate surface area is 152 Å². The molecule has 2 rings (SSSR count). The number of nitrogens with one attached hydrogen (secondary N) is 2. The first-order valence-corrected chi connectivity index (χ1v) is 10.2. The van der Waals surface area contributed by atoms with E-state index in [-0.39, 0.29) is 17.5 Å². The summed E-state index contributed by atoms with van der Waals surface area (Å²) in [4.78, 5) is 17.8. The Morgan fingerprint density at radius 1 is 1.24 bits per heavy atom. The van der Waals surface area contributed by atoms with E-state index in [2.05, 4.69) is 15.0 Å². The molecular formula is C16H22N4O3S2. The molecule has 0 saturated carbocycles. The van der Waals surface area contributed by atoms with Gasteiger partial charge in [-0.1, -0.05) is 17.7 Å². The number of carbonyl (C=O) groups excluding carboxylic acids is 1. The summed E-state index contributed by atoms with van der Waals surface area (Å²) in [6.07, 6.45) is 2.20. The zero-order chi connectivity index (χ0) is 18.3. The molecule has 1 aromatic carbocycles. The van der Waals surface area contributed by atoms with Gasteiger partial charge in [-0.15, -0.1) is 11.3 Å². The summed E-state index contributed by atoms with van der Waals surface area (Å²) in [6, 6.07) is 6.46. The first-order chi connectivity index (χ1) is 11.9. The minimum Gasteiger partial charge on any atom is -0.338 e. The highest BCUT2D eigenvalue weighted by molar-refractivity contribution is 7.89. The summed E-state index contributed by atoms with van der Waals surface area (Å²) in [5.41, 5.74) is 1.00. The van der Waals surface area contributed by atoms with Gasteiger partial charge in [-0.3, -0.25) is 0 Å². The third-order valence-electron chi connectivity index (χ3n) is 3.46. The SMILES string of the molecule is Cc1ccc(S(=O)(=O)NCCCNC(=O)N(C)Cc2nccs2)cc1. The summed E-state index contributed by atoms with van der Waals surface area (Å²) >= 11 is 1.49. The van der Waals surface area contributed by atoms with Crippen molar-refractivity contribution >= 4 is 27.4 Å². The second-order valence-electron chi connectivity index (χ2n) is 5.58. The van der Waals surface area contributed by atoms with Crippen molar-refractivity contribution < 1.29 is 13.2 Å². The van der Waals surface area contributed by atoms with Gasteiger partial charge in [0, 0.05) is 31.7 Å². The number of sulfonamides is 1. The van der Waals surface area contributed by atoms with Crippen molar-refractivity contribution in [3.05, 3.63) is 46.4 Å². The molecule has 9 heteroatoms. The Morgan fingerprint density at radius 2 is 1.96 bits per heavy atom. The highest BCUT2D eigenvalue weighted by Crippen LogP contribution is 2.09. The molecule has 2 amide bonds. The monoisotopic (exact) mass is 382 g/mol. The van der Waals surface area contributed by atoms with Gasteiger partial charge in [0.15, 0.2) is 0 Å². The van der Waals surface area contributed by atoms with Crippen LogP contribution >= 0.6 is 11.3 Å². The van der Waals surface area contributed by atoms with Crippen LogP contribution in [0, 0.1) is 6.92 Å². The van der Waals surface area contributed by atoms with Crippen LogP contribution in [0.3, 0.4) is 0 Å². The quantitative estimate of drug-likeness (QED) is 0.683. The average Bonchev–Trinajstić information content (AvgIpc) is 3.07. The number of carbonyl (C=O) groups is 1. The summed E-state index contributed by atoms with van der Waals surface area (Å²) in [7, 11) is -1.82.